The summed E-state index contributed by atoms with van der Waals surface area (Å²) in [4.78, 5) is 4.40. The van der Waals surface area contributed by atoms with E-state index in [1.807, 2.05) is 6.07 Å². The molecule has 0 bridgehead atoms. The summed E-state index contributed by atoms with van der Waals surface area (Å²) in [6.45, 7) is 0. The maximum Gasteiger partial charge on any atom is 0.257 e. The van der Waals surface area contributed by atoms with Crippen LogP contribution in [0.2, 0.25) is 0 Å². The molecular formula is C15H14N4O2. The van der Waals surface area contributed by atoms with Gasteiger partial charge in [-0.15, -0.1) is 0 Å². The Hall–Kier alpha value is -2.47. The molecule has 21 heavy (non-hydrogen) atoms. The lowest BCUT2D eigenvalue weighted by Gasteiger charge is -2.00. The minimum absolute atomic E-state index is 0.222. The van der Waals surface area contributed by atoms with Gasteiger partial charge in [0.2, 0.25) is 0 Å². The quantitative estimate of drug-likeness (QED) is 0.786. The van der Waals surface area contributed by atoms with Crippen molar-refractivity contribution in [2.45, 2.75) is 25.3 Å². The second-order valence-electron chi connectivity index (χ2n) is 5.32. The van der Waals surface area contributed by atoms with Gasteiger partial charge in [-0.2, -0.15) is 4.98 Å². The summed E-state index contributed by atoms with van der Waals surface area (Å²) in [5.74, 6) is 1.81. The standard InChI is InChI=1S/C15H14N4O2/c16-12-6-9-1-2-10(5-11(9)7-12)15-18-14(19-21-15)8-13-3-4-17-20-13/h1-5,12H,6-8,16H2. The number of aromatic nitrogens is 3. The molecule has 2 aromatic heterocycles. The Kier molecular flexibility index (Phi) is 2.82. The zero-order valence-corrected chi connectivity index (χ0v) is 11.3. The second-order valence-corrected chi connectivity index (χ2v) is 5.32. The molecule has 4 rings (SSSR count). The largest absolute Gasteiger partial charge is 0.361 e. The summed E-state index contributed by atoms with van der Waals surface area (Å²) < 4.78 is 10.4. The molecule has 0 radical (unpaired) electrons. The molecule has 0 fully saturated rings. The lowest BCUT2D eigenvalue weighted by molar-refractivity contribution is 0.382. The molecule has 1 unspecified atom stereocenters. The van der Waals surface area contributed by atoms with Gasteiger partial charge in [0.15, 0.2) is 5.82 Å². The fourth-order valence-electron chi connectivity index (χ4n) is 2.72. The molecule has 106 valence electrons. The number of hydrogen-bond acceptors (Lipinski definition) is 6. The number of nitrogens with two attached hydrogens (primary N) is 1. The minimum atomic E-state index is 0.222. The van der Waals surface area contributed by atoms with E-state index in [0.29, 0.717) is 23.9 Å². The third-order valence-electron chi connectivity index (χ3n) is 3.71. The highest BCUT2D eigenvalue weighted by Crippen LogP contribution is 2.27. The van der Waals surface area contributed by atoms with Crippen molar-refractivity contribution in [3.63, 3.8) is 0 Å². The normalized spacial score (nSPS) is 17.1. The minimum Gasteiger partial charge on any atom is -0.361 e. The van der Waals surface area contributed by atoms with Crippen LogP contribution in [-0.2, 0) is 19.3 Å². The van der Waals surface area contributed by atoms with Gasteiger partial charge >= 0.3 is 0 Å². The Morgan fingerprint density at radius 2 is 2.05 bits per heavy atom. The smallest absolute Gasteiger partial charge is 0.257 e. The molecule has 2 N–H and O–H groups in total. The lowest BCUT2D eigenvalue weighted by Crippen LogP contribution is -2.18. The monoisotopic (exact) mass is 282 g/mol. The molecule has 0 amide bonds. The Balaban J connectivity index is 1.60. The molecule has 1 atom stereocenters. The molecule has 3 aromatic rings. The van der Waals surface area contributed by atoms with E-state index in [0.717, 1.165) is 18.4 Å². The molecule has 0 spiro atoms. The zero-order valence-electron chi connectivity index (χ0n) is 11.3. The Morgan fingerprint density at radius 3 is 2.90 bits per heavy atom. The highest BCUT2D eigenvalue weighted by molar-refractivity contribution is 5.56. The SMILES string of the molecule is NC1Cc2ccc(-c3nc(Cc4ccno4)no3)cc2C1. The van der Waals surface area contributed by atoms with Gasteiger partial charge in [-0.25, -0.2) is 0 Å². The van der Waals surface area contributed by atoms with Gasteiger partial charge in [0, 0.05) is 17.7 Å². The molecule has 0 saturated heterocycles. The van der Waals surface area contributed by atoms with Gasteiger partial charge in [0.05, 0.1) is 12.6 Å². The van der Waals surface area contributed by atoms with Crippen molar-refractivity contribution in [2.75, 3.05) is 0 Å². The number of rotatable bonds is 3. The van der Waals surface area contributed by atoms with E-state index in [4.69, 9.17) is 14.8 Å². The molecular weight excluding hydrogens is 268 g/mol. The van der Waals surface area contributed by atoms with Crippen LogP contribution >= 0.6 is 0 Å². The second kappa shape index (κ2) is 4.82. The summed E-state index contributed by atoms with van der Waals surface area (Å²) in [5.41, 5.74) is 9.50. The highest BCUT2D eigenvalue weighted by Gasteiger charge is 2.19. The predicted octanol–water partition coefficient (Wildman–Crippen LogP) is 1.74. The van der Waals surface area contributed by atoms with Crippen molar-refractivity contribution in [3.05, 3.63) is 53.2 Å². The van der Waals surface area contributed by atoms with Crippen molar-refractivity contribution in [3.8, 4) is 11.5 Å². The average Bonchev–Trinajstić information content (AvgIpc) is 3.18. The molecule has 1 aliphatic carbocycles. The van der Waals surface area contributed by atoms with E-state index in [1.54, 1.807) is 12.3 Å². The van der Waals surface area contributed by atoms with Crippen LogP contribution in [0.1, 0.15) is 22.7 Å². The first-order chi connectivity index (χ1) is 10.3. The van der Waals surface area contributed by atoms with Crippen LogP contribution < -0.4 is 5.73 Å². The number of fused-ring (bicyclic) bond motifs is 1. The Bertz CT molecular complexity index is 764. The number of benzene rings is 1. The summed E-state index contributed by atoms with van der Waals surface area (Å²) in [6.07, 6.45) is 3.91. The maximum atomic E-state index is 5.99. The fraction of sp³-hybridized carbons (Fsp3) is 0.267. The number of nitrogens with zero attached hydrogens (tertiary/aromatic N) is 3. The maximum absolute atomic E-state index is 5.99. The van der Waals surface area contributed by atoms with Crippen LogP contribution in [0, 0.1) is 0 Å². The van der Waals surface area contributed by atoms with Gasteiger partial charge in [-0.1, -0.05) is 16.4 Å². The molecule has 6 nitrogen and oxygen atoms in total. The van der Waals surface area contributed by atoms with Crippen molar-refractivity contribution in [1.29, 1.82) is 0 Å². The summed E-state index contributed by atoms with van der Waals surface area (Å²) in [5, 5.41) is 7.63. The van der Waals surface area contributed by atoms with E-state index < -0.39 is 0 Å². The zero-order chi connectivity index (χ0) is 14.2. The first-order valence-corrected chi connectivity index (χ1v) is 6.88. The van der Waals surface area contributed by atoms with Crippen molar-refractivity contribution in [2.24, 2.45) is 5.73 Å². The summed E-state index contributed by atoms with van der Waals surface area (Å²) in [6, 6.07) is 8.20. The van der Waals surface area contributed by atoms with E-state index in [1.165, 1.54) is 11.1 Å². The van der Waals surface area contributed by atoms with Gasteiger partial charge < -0.3 is 14.8 Å². The van der Waals surface area contributed by atoms with E-state index in [2.05, 4.69) is 27.4 Å². The third kappa shape index (κ3) is 2.34. The lowest BCUT2D eigenvalue weighted by atomic mass is 10.1. The van der Waals surface area contributed by atoms with Gasteiger partial charge in [0.1, 0.15) is 5.76 Å². The van der Waals surface area contributed by atoms with Gasteiger partial charge in [0.25, 0.3) is 5.89 Å². The van der Waals surface area contributed by atoms with Crippen molar-refractivity contribution < 1.29 is 9.05 Å². The fourth-order valence-corrected chi connectivity index (χ4v) is 2.72. The molecule has 2 heterocycles. The van der Waals surface area contributed by atoms with Crippen LogP contribution in [0.3, 0.4) is 0 Å². The molecule has 6 heteroatoms. The van der Waals surface area contributed by atoms with Crippen LogP contribution in [0.5, 0.6) is 0 Å². The average molecular weight is 282 g/mol. The van der Waals surface area contributed by atoms with Crippen molar-refractivity contribution in [1.82, 2.24) is 15.3 Å². The topological polar surface area (TPSA) is 91.0 Å². The number of hydrogen-bond donors (Lipinski definition) is 1. The van der Waals surface area contributed by atoms with E-state index in [-0.39, 0.29) is 6.04 Å². The Morgan fingerprint density at radius 1 is 1.14 bits per heavy atom. The van der Waals surface area contributed by atoms with Crippen LogP contribution in [0.4, 0.5) is 0 Å². The highest BCUT2D eigenvalue weighted by atomic mass is 16.5. The Labute approximate surface area is 120 Å². The summed E-state index contributed by atoms with van der Waals surface area (Å²) in [7, 11) is 0. The van der Waals surface area contributed by atoms with E-state index in [9.17, 15) is 0 Å². The third-order valence-corrected chi connectivity index (χ3v) is 3.71. The van der Waals surface area contributed by atoms with Crippen LogP contribution in [0.15, 0.2) is 39.5 Å². The predicted molar refractivity (Wildman–Crippen MR) is 74.4 cm³/mol. The molecule has 1 aliphatic rings. The molecule has 1 aromatic carbocycles. The molecule has 0 aliphatic heterocycles. The van der Waals surface area contributed by atoms with Crippen molar-refractivity contribution >= 4 is 0 Å². The first-order valence-electron chi connectivity index (χ1n) is 6.88. The van der Waals surface area contributed by atoms with Gasteiger partial charge in [-0.05, 0) is 36.1 Å². The van der Waals surface area contributed by atoms with Crippen LogP contribution in [-0.4, -0.2) is 21.3 Å². The first kappa shape index (κ1) is 12.3. The van der Waals surface area contributed by atoms with E-state index >= 15 is 0 Å². The summed E-state index contributed by atoms with van der Waals surface area (Å²) >= 11 is 0. The molecule has 0 saturated carbocycles. The van der Waals surface area contributed by atoms with Gasteiger partial charge in [-0.3, -0.25) is 0 Å². The van der Waals surface area contributed by atoms with Crippen LogP contribution in [0.25, 0.3) is 11.5 Å².